The maximum atomic E-state index is 12.8. The van der Waals surface area contributed by atoms with Crippen molar-refractivity contribution in [3.05, 3.63) is 35.9 Å². The summed E-state index contributed by atoms with van der Waals surface area (Å²) in [5, 5.41) is 2.79. The zero-order valence-electron chi connectivity index (χ0n) is 16.2. The molecule has 1 saturated heterocycles. The number of amides is 2. The molecule has 7 nitrogen and oxygen atoms in total. The minimum absolute atomic E-state index is 0.0307. The molecule has 3 aliphatic heterocycles. The molecule has 1 N–H and O–H groups in total. The summed E-state index contributed by atoms with van der Waals surface area (Å²) in [5.74, 6) is 0.0599. The highest BCUT2D eigenvalue weighted by Crippen LogP contribution is 2.30. The molecule has 148 valence electrons. The summed E-state index contributed by atoms with van der Waals surface area (Å²) in [5.41, 5.74) is 2.10. The van der Waals surface area contributed by atoms with Gasteiger partial charge in [-0.05, 0) is 50.0 Å². The molecule has 0 spiro atoms. The van der Waals surface area contributed by atoms with Gasteiger partial charge in [0.1, 0.15) is 24.1 Å². The minimum Gasteiger partial charge on any atom is -0.489 e. The van der Waals surface area contributed by atoms with Crippen LogP contribution in [0.4, 0.5) is 5.69 Å². The van der Waals surface area contributed by atoms with Gasteiger partial charge in [-0.3, -0.25) is 14.6 Å². The Morgan fingerprint density at radius 2 is 2.18 bits per heavy atom. The quantitative estimate of drug-likeness (QED) is 0.861. The average Bonchev–Trinajstić information content (AvgIpc) is 3.32. The Morgan fingerprint density at radius 1 is 1.36 bits per heavy atom. The SMILES string of the molecule is CC1=CC(C(=O)N[C@H]2COc3ccccc3N(C)C2=O)=NC1CC1CCCO1. The van der Waals surface area contributed by atoms with Crippen molar-refractivity contribution >= 4 is 23.2 Å². The van der Waals surface area contributed by atoms with E-state index < -0.39 is 6.04 Å². The van der Waals surface area contributed by atoms with E-state index in [1.165, 1.54) is 4.90 Å². The van der Waals surface area contributed by atoms with Gasteiger partial charge in [0.2, 0.25) is 0 Å². The number of aliphatic imine (C=N–C) groups is 1. The number of nitrogens with one attached hydrogen (secondary N) is 1. The maximum Gasteiger partial charge on any atom is 0.270 e. The van der Waals surface area contributed by atoms with Gasteiger partial charge in [0.25, 0.3) is 11.8 Å². The van der Waals surface area contributed by atoms with Gasteiger partial charge in [-0.25, -0.2) is 0 Å². The molecular weight excluding hydrogens is 358 g/mol. The van der Waals surface area contributed by atoms with E-state index in [4.69, 9.17) is 9.47 Å². The molecular formula is C21H25N3O4. The number of fused-ring (bicyclic) bond motifs is 1. The van der Waals surface area contributed by atoms with E-state index in [1.807, 2.05) is 31.2 Å². The molecule has 0 aliphatic carbocycles. The summed E-state index contributed by atoms with van der Waals surface area (Å²) < 4.78 is 11.4. The standard InChI is InChI=1S/C21H25N3O4/c1-13-10-16(22-15(13)11-14-6-5-9-27-14)20(25)23-17-12-28-19-8-4-3-7-18(19)24(2)21(17)26/h3-4,7-8,10,14-15,17H,5-6,9,11-12H2,1-2H3,(H,23,25)/t14?,15?,17-/m0/s1. The highest BCUT2D eigenvalue weighted by molar-refractivity contribution is 6.44. The Morgan fingerprint density at radius 3 is 2.96 bits per heavy atom. The van der Waals surface area contributed by atoms with Crippen molar-refractivity contribution in [1.82, 2.24) is 5.32 Å². The third-order valence-corrected chi connectivity index (χ3v) is 5.49. The lowest BCUT2D eigenvalue weighted by Crippen LogP contribution is -2.50. The molecule has 3 atom stereocenters. The predicted octanol–water partition coefficient (Wildman–Crippen LogP) is 1.87. The molecule has 0 aromatic heterocycles. The fourth-order valence-electron chi connectivity index (χ4n) is 3.85. The van der Waals surface area contributed by atoms with Crippen LogP contribution >= 0.6 is 0 Å². The topological polar surface area (TPSA) is 80.2 Å². The molecule has 1 aromatic rings. The predicted molar refractivity (Wildman–Crippen MR) is 106 cm³/mol. The van der Waals surface area contributed by atoms with Crippen LogP contribution in [0.2, 0.25) is 0 Å². The van der Waals surface area contributed by atoms with Crippen molar-refractivity contribution in [2.24, 2.45) is 4.99 Å². The first-order chi connectivity index (χ1) is 13.5. The summed E-state index contributed by atoms with van der Waals surface area (Å²) in [6, 6.07) is 6.53. The Bertz CT molecular complexity index is 842. The number of para-hydroxylation sites is 2. The summed E-state index contributed by atoms with van der Waals surface area (Å²) in [6.45, 7) is 2.87. The molecule has 0 saturated carbocycles. The lowest BCUT2D eigenvalue weighted by Gasteiger charge is -2.20. The number of ether oxygens (including phenoxy) is 2. The molecule has 4 rings (SSSR count). The highest BCUT2D eigenvalue weighted by atomic mass is 16.5. The first kappa shape index (κ1) is 18.7. The number of nitrogens with zero attached hydrogens (tertiary/aromatic N) is 2. The molecule has 1 aromatic carbocycles. The van der Waals surface area contributed by atoms with Crippen molar-refractivity contribution in [1.29, 1.82) is 0 Å². The Balaban J connectivity index is 1.43. The largest absolute Gasteiger partial charge is 0.489 e. The normalized spacial score (nSPS) is 26.9. The molecule has 0 bridgehead atoms. The monoisotopic (exact) mass is 383 g/mol. The van der Waals surface area contributed by atoms with Crippen LogP contribution in [0.15, 0.2) is 40.9 Å². The van der Waals surface area contributed by atoms with Gasteiger partial charge in [-0.1, -0.05) is 12.1 Å². The molecule has 3 aliphatic rings. The number of anilines is 1. The van der Waals surface area contributed by atoms with E-state index in [2.05, 4.69) is 10.3 Å². The molecule has 7 heteroatoms. The van der Waals surface area contributed by atoms with Gasteiger partial charge in [0, 0.05) is 13.7 Å². The second kappa shape index (κ2) is 7.75. The average molecular weight is 383 g/mol. The van der Waals surface area contributed by atoms with Gasteiger partial charge < -0.3 is 19.7 Å². The Kier molecular flexibility index (Phi) is 5.17. The van der Waals surface area contributed by atoms with Crippen LogP contribution in [0.1, 0.15) is 26.2 Å². The number of likely N-dealkylation sites (N-methyl/N-ethyl adjacent to an activating group) is 1. The van der Waals surface area contributed by atoms with Crippen molar-refractivity contribution in [2.75, 3.05) is 25.2 Å². The Hall–Kier alpha value is -2.67. The summed E-state index contributed by atoms with van der Waals surface area (Å²) in [7, 11) is 1.68. The molecule has 28 heavy (non-hydrogen) atoms. The lowest BCUT2D eigenvalue weighted by molar-refractivity contribution is -0.124. The van der Waals surface area contributed by atoms with E-state index in [0.29, 0.717) is 17.1 Å². The molecule has 1 fully saturated rings. The molecule has 0 radical (unpaired) electrons. The first-order valence-corrected chi connectivity index (χ1v) is 9.71. The van der Waals surface area contributed by atoms with Gasteiger partial charge in [0.15, 0.2) is 0 Å². The zero-order chi connectivity index (χ0) is 19.7. The summed E-state index contributed by atoms with van der Waals surface area (Å²) in [4.78, 5) is 31.6. The van der Waals surface area contributed by atoms with Gasteiger partial charge in [-0.2, -0.15) is 0 Å². The number of hydrogen-bond acceptors (Lipinski definition) is 5. The van der Waals surface area contributed by atoms with E-state index in [0.717, 1.165) is 31.4 Å². The third-order valence-electron chi connectivity index (χ3n) is 5.49. The van der Waals surface area contributed by atoms with Crippen molar-refractivity contribution < 1.29 is 19.1 Å². The van der Waals surface area contributed by atoms with Crippen molar-refractivity contribution in [3.8, 4) is 5.75 Å². The van der Waals surface area contributed by atoms with Crippen molar-refractivity contribution in [3.63, 3.8) is 0 Å². The molecule has 2 amide bonds. The van der Waals surface area contributed by atoms with Crippen LogP contribution in [0.5, 0.6) is 5.75 Å². The zero-order valence-corrected chi connectivity index (χ0v) is 16.2. The van der Waals surface area contributed by atoms with E-state index in [-0.39, 0.29) is 30.6 Å². The van der Waals surface area contributed by atoms with Crippen LogP contribution in [0.3, 0.4) is 0 Å². The van der Waals surface area contributed by atoms with Crippen LogP contribution in [-0.4, -0.2) is 56.0 Å². The summed E-state index contributed by atoms with van der Waals surface area (Å²) >= 11 is 0. The maximum absolute atomic E-state index is 12.8. The number of hydrogen-bond donors (Lipinski definition) is 1. The molecule has 3 heterocycles. The lowest BCUT2D eigenvalue weighted by atomic mass is 10.0. The number of benzene rings is 1. The van der Waals surface area contributed by atoms with Crippen molar-refractivity contribution in [2.45, 2.75) is 44.4 Å². The first-order valence-electron chi connectivity index (χ1n) is 9.71. The fourth-order valence-corrected chi connectivity index (χ4v) is 3.85. The Labute approximate surface area is 164 Å². The second-order valence-electron chi connectivity index (χ2n) is 7.49. The van der Waals surface area contributed by atoms with E-state index >= 15 is 0 Å². The van der Waals surface area contributed by atoms with Gasteiger partial charge >= 0.3 is 0 Å². The van der Waals surface area contributed by atoms with E-state index in [1.54, 1.807) is 13.1 Å². The molecule has 2 unspecified atom stereocenters. The highest BCUT2D eigenvalue weighted by Gasteiger charge is 2.32. The van der Waals surface area contributed by atoms with Gasteiger partial charge in [0.05, 0.1) is 17.8 Å². The second-order valence-corrected chi connectivity index (χ2v) is 7.49. The van der Waals surface area contributed by atoms with Crippen LogP contribution in [0.25, 0.3) is 0 Å². The van der Waals surface area contributed by atoms with Gasteiger partial charge in [-0.15, -0.1) is 0 Å². The fraction of sp³-hybridized carbons (Fsp3) is 0.476. The van der Waals surface area contributed by atoms with Crippen LogP contribution in [-0.2, 0) is 14.3 Å². The number of carbonyl (C=O) groups is 2. The third kappa shape index (κ3) is 3.67. The number of rotatable bonds is 4. The van der Waals surface area contributed by atoms with E-state index in [9.17, 15) is 9.59 Å². The smallest absolute Gasteiger partial charge is 0.270 e. The van der Waals surface area contributed by atoms with Crippen LogP contribution < -0.4 is 15.0 Å². The minimum atomic E-state index is -0.765. The van der Waals surface area contributed by atoms with Crippen LogP contribution in [0, 0.1) is 0 Å². The number of carbonyl (C=O) groups excluding carboxylic acids is 2. The summed E-state index contributed by atoms with van der Waals surface area (Å²) in [6.07, 6.45) is 4.93.